The average molecular weight is 360 g/mol. The Morgan fingerprint density at radius 1 is 1.27 bits per heavy atom. The van der Waals surface area contributed by atoms with Crippen molar-refractivity contribution in [3.05, 3.63) is 30.1 Å². The summed E-state index contributed by atoms with van der Waals surface area (Å²) in [4.78, 5) is 11.7. The second-order valence-electron chi connectivity index (χ2n) is 7.67. The molecule has 0 aromatic carbocycles. The molecule has 0 spiro atoms. The van der Waals surface area contributed by atoms with E-state index in [4.69, 9.17) is 4.99 Å². The number of likely N-dealkylation sites (tertiary alicyclic amines) is 1. The topological polar surface area (TPSA) is 52.6 Å². The highest BCUT2D eigenvalue weighted by Crippen LogP contribution is 2.13. The van der Waals surface area contributed by atoms with E-state index >= 15 is 0 Å². The van der Waals surface area contributed by atoms with Crippen LogP contribution >= 0.6 is 0 Å². The molecule has 5 heteroatoms. The second kappa shape index (κ2) is 11.9. The first kappa shape index (κ1) is 20.7. The van der Waals surface area contributed by atoms with Crippen molar-refractivity contribution in [2.24, 2.45) is 10.9 Å². The third kappa shape index (κ3) is 8.17. The van der Waals surface area contributed by atoms with Crippen LogP contribution in [0.2, 0.25) is 0 Å². The Balaban J connectivity index is 1.70. The Bertz CT molecular complexity index is 506. The van der Waals surface area contributed by atoms with Crippen molar-refractivity contribution in [1.29, 1.82) is 0 Å². The number of aromatic nitrogens is 1. The first-order valence-corrected chi connectivity index (χ1v) is 10.3. The van der Waals surface area contributed by atoms with Gasteiger partial charge in [-0.1, -0.05) is 32.8 Å². The molecule has 146 valence electrons. The zero-order chi connectivity index (χ0) is 18.6. The van der Waals surface area contributed by atoms with Gasteiger partial charge in [-0.05, 0) is 44.2 Å². The summed E-state index contributed by atoms with van der Waals surface area (Å²) >= 11 is 0. The Hall–Kier alpha value is -1.62. The molecule has 26 heavy (non-hydrogen) atoms. The van der Waals surface area contributed by atoms with Crippen molar-refractivity contribution >= 4 is 5.96 Å². The van der Waals surface area contributed by atoms with Gasteiger partial charge in [-0.15, -0.1) is 0 Å². The van der Waals surface area contributed by atoms with E-state index < -0.39 is 0 Å². The maximum absolute atomic E-state index is 4.76. The van der Waals surface area contributed by atoms with Crippen molar-refractivity contribution in [1.82, 2.24) is 20.5 Å². The number of aliphatic imine (C=N–C) groups is 1. The fraction of sp³-hybridized carbons (Fsp3) is 0.714. The SMILES string of the molecule is CCNC(=NCCCCC(C)C)NC1CCN(Cc2ccccn2)CC1. The quantitative estimate of drug-likeness (QED) is 0.403. The first-order valence-electron chi connectivity index (χ1n) is 10.3. The molecule has 0 bridgehead atoms. The molecule has 0 saturated carbocycles. The Morgan fingerprint density at radius 3 is 2.73 bits per heavy atom. The number of unbranched alkanes of at least 4 members (excludes halogenated alkanes) is 1. The van der Waals surface area contributed by atoms with Crippen molar-refractivity contribution in [2.75, 3.05) is 26.2 Å². The van der Waals surface area contributed by atoms with E-state index in [9.17, 15) is 0 Å². The van der Waals surface area contributed by atoms with Crippen LogP contribution in [0.15, 0.2) is 29.4 Å². The second-order valence-corrected chi connectivity index (χ2v) is 7.67. The van der Waals surface area contributed by atoms with Gasteiger partial charge in [0.15, 0.2) is 5.96 Å². The Kier molecular flexibility index (Phi) is 9.46. The number of pyridine rings is 1. The molecule has 1 saturated heterocycles. The van der Waals surface area contributed by atoms with Crippen LogP contribution in [0.4, 0.5) is 0 Å². The van der Waals surface area contributed by atoms with Crippen LogP contribution < -0.4 is 10.6 Å². The third-order valence-corrected chi connectivity index (χ3v) is 4.84. The van der Waals surface area contributed by atoms with Crippen LogP contribution in [0.1, 0.15) is 58.6 Å². The van der Waals surface area contributed by atoms with E-state index in [2.05, 4.69) is 53.4 Å². The zero-order valence-corrected chi connectivity index (χ0v) is 16.9. The van der Waals surface area contributed by atoms with Crippen LogP contribution in [-0.2, 0) is 6.54 Å². The standard InChI is InChI=1S/C21H37N5/c1-4-22-21(24-14-7-5-9-18(2)3)25-19-11-15-26(16-12-19)17-20-10-6-8-13-23-20/h6,8,10,13,18-19H,4-5,7,9,11-12,14-17H2,1-3H3,(H2,22,24,25). The van der Waals surface area contributed by atoms with Crippen LogP contribution in [0.3, 0.4) is 0 Å². The molecule has 2 heterocycles. The lowest BCUT2D eigenvalue weighted by molar-refractivity contribution is 0.196. The highest BCUT2D eigenvalue weighted by molar-refractivity contribution is 5.80. The molecule has 2 rings (SSSR count). The molecule has 1 aliphatic rings. The molecule has 5 nitrogen and oxygen atoms in total. The van der Waals surface area contributed by atoms with Gasteiger partial charge in [-0.25, -0.2) is 0 Å². The van der Waals surface area contributed by atoms with E-state index in [1.54, 1.807) is 0 Å². The number of rotatable bonds is 9. The van der Waals surface area contributed by atoms with Gasteiger partial charge in [0.2, 0.25) is 0 Å². The molecule has 0 unspecified atom stereocenters. The van der Waals surface area contributed by atoms with Crippen LogP contribution in [-0.4, -0.2) is 48.1 Å². The summed E-state index contributed by atoms with van der Waals surface area (Å²) in [7, 11) is 0. The molecular weight excluding hydrogens is 322 g/mol. The van der Waals surface area contributed by atoms with Gasteiger partial charge in [0.1, 0.15) is 0 Å². The summed E-state index contributed by atoms with van der Waals surface area (Å²) in [6.07, 6.45) is 7.94. The monoisotopic (exact) mass is 359 g/mol. The van der Waals surface area contributed by atoms with Crippen LogP contribution in [0, 0.1) is 5.92 Å². The van der Waals surface area contributed by atoms with Gasteiger partial charge < -0.3 is 10.6 Å². The van der Waals surface area contributed by atoms with Crippen molar-refractivity contribution < 1.29 is 0 Å². The summed E-state index contributed by atoms with van der Waals surface area (Å²) in [6, 6.07) is 6.67. The minimum atomic E-state index is 0.517. The minimum Gasteiger partial charge on any atom is -0.357 e. The number of guanidine groups is 1. The van der Waals surface area contributed by atoms with Crippen molar-refractivity contribution in [3.63, 3.8) is 0 Å². The van der Waals surface area contributed by atoms with Crippen LogP contribution in [0.25, 0.3) is 0 Å². The van der Waals surface area contributed by atoms with Gasteiger partial charge in [0.25, 0.3) is 0 Å². The summed E-state index contributed by atoms with van der Waals surface area (Å²) < 4.78 is 0. The third-order valence-electron chi connectivity index (χ3n) is 4.84. The number of nitrogens with one attached hydrogen (secondary N) is 2. The van der Waals surface area contributed by atoms with Crippen LogP contribution in [0.5, 0.6) is 0 Å². The fourth-order valence-corrected chi connectivity index (χ4v) is 3.32. The van der Waals surface area contributed by atoms with E-state index in [-0.39, 0.29) is 0 Å². The van der Waals surface area contributed by atoms with E-state index in [0.717, 1.165) is 63.1 Å². The number of piperidine rings is 1. The molecule has 1 aromatic heterocycles. The molecule has 0 amide bonds. The molecule has 1 aliphatic heterocycles. The molecule has 1 fully saturated rings. The average Bonchev–Trinajstić information content (AvgIpc) is 2.64. The summed E-state index contributed by atoms with van der Waals surface area (Å²) in [5, 5.41) is 7.03. The highest BCUT2D eigenvalue weighted by atomic mass is 15.2. The molecule has 1 aromatic rings. The number of nitrogens with zero attached hydrogens (tertiary/aromatic N) is 3. The van der Waals surface area contributed by atoms with Gasteiger partial charge in [0.05, 0.1) is 5.69 Å². The zero-order valence-electron chi connectivity index (χ0n) is 16.9. The number of hydrogen-bond donors (Lipinski definition) is 2. The number of hydrogen-bond acceptors (Lipinski definition) is 3. The molecule has 0 aliphatic carbocycles. The summed E-state index contributed by atoms with van der Waals surface area (Å²) in [5.41, 5.74) is 1.16. The smallest absolute Gasteiger partial charge is 0.191 e. The Labute approximate surface area is 159 Å². The van der Waals surface area contributed by atoms with Gasteiger partial charge >= 0.3 is 0 Å². The molecule has 2 N–H and O–H groups in total. The Morgan fingerprint density at radius 2 is 2.08 bits per heavy atom. The van der Waals surface area contributed by atoms with Gasteiger partial charge in [0, 0.05) is 45.0 Å². The van der Waals surface area contributed by atoms with E-state index in [1.165, 1.54) is 19.3 Å². The first-order chi connectivity index (χ1) is 12.7. The van der Waals surface area contributed by atoms with Crippen molar-refractivity contribution in [3.8, 4) is 0 Å². The van der Waals surface area contributed by atoms with E-state index in [1.807, 2.05) is 12.3 Å². The minimum absolute atomic E-state index is 0.517. The van der Waals surface area contributed by atoms with E-state index in [0.29, 0.717) is 6.04 Å². The lowest BCUT2D eigenvalue weighted by atomic mass is 10.0. The lowest BCUT2D eigenvalue weighted by Crippen LogP contribution is -2.48. The predicted molar refractivity (Wildman–Crippen MR) is 110 cm³/mol. The van der Waals surface area contributed by atoms with Gasteiger partial charge in [-0.3, -0.25) is 14.9 Å². The fourth-order valence-electron chi connectivity index (χ4n) is 3.32. The maximum atomic E-state index is 4.76. The molecular formula is C21H37N5. The highest BCUT2D eigenvalue weighted by Gasteiger charge is 2.20. The van der Waals surface area contributed by atoms with Gasteiger partial charge in [-0.2, -0.15) is 0 Å². The lowest BCUT2D eigenvalue weighted by Gasteiger charge is -2.32. The summed E-state index contributed by atoms with van der Waals surface area (Å²) in [6.45, 7) is 11.7. The maximum Gasteiger partial charge on any atom is 0.191 e. The predicted octanol–water partition coefficient (Wildman–Crippen LogP) is 3.43. The van der Waals surface area contributed by atoms with Crippen molar-refractivity contribution in [2.45, 2.75) is 65.5 Å². The molecule has 0 atom stereocenters. The largest absolute Gasteiger partial charge is 0.357 e. The normalized spacial score (nSPS) is 16.8. The molecule has 0 radical (unpaired) electrons. The summed E-state index contributed by atoms with van der Waals surface area (Å²) in [5.74, 6) is 1.78.